The van der Waals surface area contributed by atoms with Gasteiger partial charge in [-0.1, -0.05) is 66.7 Å². The van der Waals surface area contributed by atoms with Gasteiger partial charge in [0.05, 0.1) is 0 Å². The molecule has 0 heterocycles. The molecule has 0 aromatic heterocycles. The van der Waals surface area contributed by atoms with Gasteiger partial charge in [0.15, 0.2) is 5.78 Å². The van der Waals surface area contributed by atoms with E-state index in [-0.39, 0.29) is 16.6 Å². The van der Waals surface area contributed by atoms with Crippen molar-refractivity contribution in [3.8, 4) is 0 Å². The van der Waals surface area contributed by atoms with E-state index in [0.717, 1.165) is 24.8 Å². The Labute approximate surface area is 131 Å². The van der Waals surface area contributed by atoms with Gasteiger partial charge >= 0.3 is 0 Å². The average molecular weight is 288 g/mol. The van der Waals surface area contributed by atoms with E-state index in [4.69, 9.17) is 0 Å². The summed E-state index contributed by atoms with van der Waals surface area (Å²) in [6.45, 7) is 15.5. The van der Waals surface area contributed by atoms with Crippen LogP contribution in [-0.2, 0) is 10.8 Å². The van der Waals surface area contributed by atoms with E-state index in [1.54, 1.807) is 0 Å². The van der Waals surface area contributed by atoms with E-state index in [9.17, 15) is 4.79 Å². The van der Waals surface area contributed by atoms with E-state index < -0.39 is 0 Å². The molecule has 0 saturated heterocycles. The Morgan fingerprint density at radius 3 is 2.00 bits per heavy atom. The molecule has 0 amide bonds. The second kappa shape index (κ2) is 6.77. The zero-order valence-electron chi connectivity index (χ0n) is 15.0. The Morgan fingerprint density at radius 1 is 0.952 bits per heavy atom. The number of ketones is 1. The lowest BCUT2D eigenvalue weighted by Crippen LogP contribution is -2.23. The molecule has 0 saturated carbocycles. The third-order valence-corrected chi connectivity index (χ3v) is 5.08. The summed E-state index contributed by atoms with van der Waals surface area (Å²) in [5.41, 5.74) is 3.69. The first-order valence-corrected chi connectivity index (χ1v) is 8.37. The predicted molar refractivity (Wildman–Crippen MR) is 92.3 cm³/mol. The second-order valence-electron chi connectivity index (χ2n) is 7.41. The van der Waals surface area contributed by atoms with E-state index in [1.165, 1.54) is 11.1 Å². The van der Waals surface area contributed by atoms with Crippen molar-refractivity contribution in [2.24, 2.45) is 0 Å². The molecule has 0 spiro atoms. The predicted octanol–water partition coefficient (Wildman–Crippen LogP) is 6.04. The maximum Gasteiger partial charge on any atom is 0.163 e. The van der Waals surface area contributed by atoms with Crippen molar-refractivity contribution in [1.82, 2.24) is 0 Å². The van der Waals surface area contributed by atoms with Crippen molar-refractivity contribution in [3.05, 3.63) is 34.9 Å². The standard InChI is InChI=1S/C20H32O/c1-8-11-18(21)16-13-12-15(19(4,5)9-2)14-17(16)20(6,7)10-3/h12-14H,8-11H2,1-7H3. The minimum absolute atomic E-state index is 0.0402. The monoisotopic (exact) mass is 288 g/mol. The smallest absolute Gasteiger partial charge is 0.163 e. The fraction of sp³-hybridized carbons (Fsp3) is 0.650. The summed E-state index contributed by atoms with van der Waals surface area (Å²) in [5.74, 6) is 0.287. The Hall–Kier alpha value is -1.11. The molecular formula is C20H32O. The Balaban J connectivity index is 3.44. The van der Waals surface area contributed by atoms with Gasteiger partial charge in [-0.05, 0) is 41.2 Å². The van der Waals surface area contributed by atoms with Crippen LogP contribution in [0.1, 0.15) is 95.6 Å². The lowest BCUT2D eigenvalue weighted by molar-refractivity contribution is 0.0979. The van der Waals surface area contributed by atoms with Gasteiger partial charge < -0.3 is 0 Å². The van der Waals surface area contributed by atoms with Crippen LogP contribution >= 0.6 is 0 Å². The molecule has 1 rings (SSSR count). The molecule has 0 aliphatic heterocycles. The van der Waals surface area contributed by atoms with E-state index in [1.807, 2.05) is 0 Å². The zero-order chi connectivity index (χ0) is 16.3. The molecule has 0 atom stereocenters. The topological polar surface area (TPSA) is 17.1 Å². The van der Waals surface area contributed by atoms with Gasteiger partial charge in [-0.3, -0.25) is 4.79 Å². The molecule has 0 N–H and O–H groups in total. The van der Waals surface area contributed by atoms with Crippen molar-refractivity contribution >= 4 is 5.78 Å². The summed E-state index contributed by atoms with van der Waals surface area (Å²) in [6, 6.07) is 6.51. The fourth-order valence-electron chi connectivity index (χ4n) is 2.52. The number of Topliss-reactive ketones (excluding diaryl/α,β-unsaturated/α-hetero) is 1. The third kappa shape index (κ3) is 3.96. The van der Waals surface area contributed by atoms with Gasteiger partial charge in [-0.15, -0.1) is 0 Å². The van der Waals surface area contributed by atoms with E-state index in [0.29, 0.717) is 6.42 Å². The molecule has 1 aromatic carbocycles. The lowest BCUT2D eigenvalue weighted by atomic mass is 9.74. The fourth-order valence-corrected chi connectivity index (χ4v) is 2.52. The van der Waals surface area contributed by atoms with E-state index in [2.05, 4.69) is 66.7 Å². The van der Waals surface area contributed by atoms with Gasteiger partial charge in [-0.2, -0.15) is 0 Å². The van der Waals surface area contributed by atoms with Gasteiger partial charge in [0.25, 0.3) is 0 Å². The number of hydrogen-bond donors (Lipinski definition) is 0. The summed E-state index contributed by atoms with van der Waals surface area (Å²) in [4.78, 5) is 12.5. The molecule has 0 aliphatic rings. The number of carbonyl (C=O) groups is 1. The molecule has 0 unspecified atom stereocenters. The van der Waals surface area contributed by atoms with Crippen LogP contribution in [0.3, 0.4) is 0 Å². The molecule has 21 heavy (non-hydrogen) atoms. The van der Waals surface area contributed by atoms with Crippen LogP contribution in [0, 0.1) is 0 Å². The second-order valence-corrected chi connectivity index (χ2v) is 7.41. The molecule has 0 radical (unpaired) electrons. The number of rotatable bonds is 7. The Kier molecular flexibility index (Phi) is 5.78. The summed E-state index contributed by atoms with van der Waals surface area (Å²) in [5, 5.41) is 0. The Morgan fingerprint density at radius 2 is 1.52 bits per heavy atom. The third-order valence-electron chi connectivity index (χ3n) is 5.08. The van der Waals surface area contributed by atoms with Crippen molar-refractivity contribution in [3.63, 3.8) is 0 Å². The molecule has 118 valence electrons. The van der Waals surface area contributed by atoms with Crippen LogP contribution in [0.5, 0.6) is 0 Å². The highest BCUT2D eigenvalue weighted by Gasteiger charge is 2.27. The molecule has 1 nitrogen and oxygen atoms in total. The molecule has 0 fully saturated rings. The van der Waals surface area contributed by atoms with Crippen molar-refractivity contribution in [2.45, 2.75) is 85.0 Å². The van der Waals surface area contributed by atoms with Crippen molar-refractivity contribution in [1.29, 1.82) is 0 Å². The maximum atomic E-state index is 12.5. The van der Waals surface area contributed by atoms with Gasteiger partial charge in [-0.25, -0.2) is 0 Å². The first kappa shape index (κ1) is 17.9. The first-order chi connectivity index (χ1) is 9.69. The molecule has 0 aliphatic carbocycles. The minimum atomic E-state index is 0.0402. The summed E-state index contributed by atoms with van der Waals surface area (Å²) >= 11 is 0. The van der Waals surface area contributed by atoms with Crippen LogP contribution in [-0.4, -0.2) is 5.78 Å². The number of benzene rings is 1. The average Bonchev–Trinajstić information content (AvgIpc) is 2.46. The molecule has 1 aromatic rings. The van der Waals surface area contributed by atoms with Crippen LogP contribution < -0.4 is 0 Å². The highest BCUT2D eigenvalue weighted by molar-refractivity contribution is 5.97. The number of hydrogen-bond acceptors (Lipinski definition) is 1. The number of carbonyl (C=O) groups excluding carboxylic acids is 1. The first-order valence-electron chi connectivity index (χ1n) is 8.37. The Bertz CT molecular complexity index is 495. The van der Waals surface area contributed by atoms with E-state index >= 15 is 0 Å². The SMILES string of the molecule is CCCC(=O)c1ccc(C(C)(C)CC)cc1C(C)(C)CC. The summed E-state index contributed by atoms with van der Waals surface area (Å²) in [7, 11) is 0. The largest absolute Gasteiger partial charge is 0.294 e. The quantitative estimate of drug-likeness (QED) is 0.559. The molecule has 1 heteroatoms. The van der Waals surface area contributed by atoms with Crippen LogP contribution in [0.15, 0.2) is 18.2 Å². The van der Waals surface area contributed by atoms with Crippen LogP contribution in [0.4, 0.5) is 0 Å². The van der Waals surface area contributed by atoms with Gasteiger partial charge in [0, 0.05) is 12.0 Å². The van der Waals surface area contributed by atoms with Crippen LogP contribution in [0.2, 0.25) is 0 Å². The lowest BCUT2D eigenvalue weighted by Gasteiger charge is -2.30. The zero-order valence-corrected chi connectivity index (χ0v) is 15.0. The summed E-state index contributed by atoms with van der Waals surface area (Å²) < 4.78 is 0. The van der Waals surface area contributed by atoms with Gasteiger partial charge in [0.2, 0.25) is 0 Å². The maximum absolute atomic E-state index is 12.5. The van der Waals surface area contributed by atoms with Crippen molar-refractivity contribution in [2.75, 3.05) is 0 Å². The van der Waals surface area contributed by atoms with Crippen molar-refractivity contribution < 1.29 is 4.79 Å². The summed E-state index contributed by atoms with van der Waals surface area (Å²) in [6.07, 6.45) is 3.69. The molecule has 0 bridgehead atoms. The molecular weight excluding hydrogens is 256 g/mol. The van der Waals surface area contributed by atoms with Crippen LogP contribution in [0.25, 0.3) is 0 Å². The highest BCUT2D eigenvalue weighted by Crippen LogP contribution is 2.35. The normalized spacial score (nSPS) is 12.5. The minimum Gasteiger partial charge on any atom is -0.294 e. The van der Waals surface area contributed by atoms with Gasteiger partial charge in [0.1, 0.15) is 0 Å². The highest BCUT2D eigenvalue weighted by atomic mass is 16.1.